The van der Waals surface area contributed by atoms with Gasteiger partial charge in [-0.3, -0.25) is 14.6 Å². The molecule has 0 saturated carbocycles. The fourth-order valence-electron chi connectivity index (χ4n) is 4.92. The Balaban J connectivity index is 1.57. The van der Waals surface area contributed by atoms with Crippen LogP contribution in [0.1, 0.15) is 55.2 Å². The second-order valence-corrected chi connectivity index (χ2v) is 11.0. The van der Waals surface area contributed by atoms with E-state index < -0.39 is 12.0 Å². The first-order chi connectivity index (χ1) is 18.5. The van der Waals surface area contributed by atoms with Crippen LogP contribution >= 0.6 is 0 Å². The Labute approximate surface area is 229 Å². The molecule has 208 valence electrons. The lowest BCUT2D eigenvalue weighted by molar-refractivity contribution is -0.139. The topological polar surface area (TPSA) is 82.2 Å². The van der Waals surface area contributed by atoms with Gasteiger partial charge in [-0.25, -0.2) is 14.0 Å². The molecule has 1 fully saturated rings. The standard InChI is InChI=1S/C30H37FN4O4/c1-6-39-28(37)25-24(19-34-15-17-35(18-16-34)27(36)21-9-13-23(31)14-10-21)33(5)29(38)32-26(25)20-7-11-22(12-8-20)30(2,3)4/h7-14,26H,6,15-19H2,1-5H3,(H,32,38). The van der Waals surface area contributed by atoms with E-state index in [1.807, 2.05) is 24.3 Å². The molecule has 0 spiro atoms. The molecule has 2 aromatic carbocycles. The second-order valence-electron chi connectivity index (χ2n) is 11.0. The average molecular weight is 537 g/mol. The van der Waals surface area contributed by atoms with E-state index in [1.54, 1.807) is 18.9 Å². The Bertz CT molecular complexity index is 1240. The summed E-state index contributed by atoms with van der Waals surface area (Å²) < 4.78 is 18.7. The van der Waals surface area contributed by atoms with Crippen LogP contribution in [0.25, 0.3) is 0 Å². The lowest BCUT2D eigenvalue weighted by atomic mass is 9.85. The highest BCUT2D eigenvalue weighted by Crippen LogP contribution is 2.33. The number of carbonyl (C=O) groups is 3. The lowest BCUT2D eigenvalue weighted by Gasteiger charge is -2.39. The lowest BCUT2D eigenvalue weighted by Crippen LogP contribution is -2.53. The zero-order valence-corrected chi connectivity index (χ0v) is 23.3. The predicted octanol–water partition coefficient (Wildman–Crippen LogP) is 4.09. The average Bonchev–Trinajstić information content (AvgIpc) is 2.91. The number of halogens is 1. The number of carbonyl (C=O) groups excluding carboxylic acids is 3. The van der Waals surface area contributed by atoms with Crippen molar-refractivity contribution in [2.45, 2.75) is 39.2 Å². The summed E-state index contributed by atoms with van der Waals surface area (Å²) in [7, 11) is 1.65. The minimum Gasteiger partial charge on any atom is -0.463 e. The van der Waals surface area contributed by atoms with Crippen molar-refractivity contribution >= 4 is 17.9 Å². The fraction of sp³-hybridized carbons (Fsp3) is 0.433. The Kier molecular flexibility index (Phi) is 8.39. The molecule has 2 aliphatic heterocycles. The van der Waals surface area contributed by atoms with Crippen LogP contribution in [0, 0.1) is 5.82 Å². The van der Waals surface area contributed by atoms with Crippen LogP contribution in [0.4, 0.5) is 9.18 Å². The summed E-state index contributed by atoms with van der Waals surface area (Å²) in [6.07, 6.45) is 0. The molecule has 1 unspecified atom stereocenters. The second kappa shape index (κ2) is 11.6. The third-order valence-corrected chi connectivity index (χ3v) is 7.31. The Morgan fingerprint density at radius 2 is 1.62 bits per heavy atom. The number of urea groups is 1. The zero-order chi connectivity index (χ0) is 28.3. The van der Waals surface area contributed by atoms with Gasteiger partial charge in [-0.2, -0.15) is 0 Å². The smallest absolute Gasteiger partial charge is 0.338 e. The number of nitrogens with one attached hydrogen (secondary N) is 1. The molecule has 0 bridgehead atoms. The molecule has 1 saturated heterocycles. The highest BCUT2D eigenvalue weighted by molar-refractivity contribution is 5.95. The number of ether oxygens (including phenoxy) is 1. The van der Waals surface area contributed by atoms with Crippen LogP contribution < -0.4 is 5.32 Å². The molecular weight excluding hydrogens is 499 g/mol. The molecular formula is C30H37FN4O4. The molecule has 0 radical (unpaired) electrons. The molecule has 1 atom stereocenters. The van der Waals surface area contributed by atoms with Gasteiger partial charge in [0.2, 0.25) is 0 Å². The maximum Gasteiger partial charge on any atom is 0.338 e. The Hall–Kier alpha value is -3.72. The van der Waals surface area contributed by atoms with Crippen molar-refractivity contribution in [3.8, 4) is 0 Å². The van der Waals surface area contributed by atoms with Crippen molar-refractivity contribution in [2.75, 3.05) is 46.4 Å². The van der Waals surface area contributed by atoms with E-state index in [0.29, 0.717) is 49.6 Å². The van der Waals surface area contributed by atoms with Crippen LogP contribution in [-0.4, -0.2) is 79.0 Å². The SMILES string of the molecule is CCOC(=O)C1=C(CN2CCN(C(=O)c3ccc(F)cc3)CC2)N(C)C(=O)NC1c1ccc(C(C)(C)C)cc1. The van der Waals surface area contributed by atoms with Crippen LogP contribution in [0.2, 0.25) is 0 Å². The predicted molar refractivity (Wildman–Crippen MR) is 147 cm³/mol. The molecule has 2 aliphatic rings. The monoisotopic (exact) mass is 536 g/mol. The van der Waals surface area contributed by atoms with Gasteiger partial charge >= 0.3 is 12.0 Å². The van der Waals surface area contributed by atoms with Gasteiger partial charge in [0.15, 0.2) is 0 Å². The number of piperazine rings is 1. The van der Waals surface area contributed by atoms with Gasteiger partial charge in [0.25, 0.3) is 5.91 Å². The van der Waals surface area contributed by atoms with E-state index in [2.05, 4.69) is 31.0 Å². The highest BCUT2D eigenvalue weighted by Gasteiger charge is 2.38. The molecule has 2 aromatic rings. The van der Waals surface area contributed by atoms with Crippen LogP contribution in [0.5, 0.6) is 0 Å². The molecule has 39 heavy (non-hydrogen) atoms. The van der Waals surface area contributed by atoms with Gasteiger partial charge in [0, 0.05) is 51.0 Å². The van der Waals surface area contributed by atoms with Crippen molar-refractivity contribution in [1.82, 2.24) is 20.0 Å². The summed E-state index contributed by atoms with van der Waals surface area (Å²) in [6, 6.07) is 12.6. The van der Waals surface area contributed by atoms with Crippen molar-refractivity contribution in [2.24, 2.45) is 0 Å². The van der Waals surface area contributed by atoms with Crippen molar-refractivity contribution in [1.29, 1.82) is 0 Å². The molecule has 0 aliphatic carbocycles. The van der Waals surface area contributed by atoms with Crippen molar-refractivity contribution < 1.29 is 23.5 Å². The third-order valence-electron chi connectivity index (χ3n) is 7.31. The van der Waals surface area contributed by atoms with Crippen LogP contribution in [-0.2, 0) is 14.9 Å². The van der Waals surface area contributed by atoms with Gasteiger partial charge in [-0.1, -0.05) is 45.0 Å². The Morgan fingerprint density at radius 3 is 2.18 bits per heavy atom. The van der Waals surface area contributed by atoms with E-state index in [9.17, 15) is 18.8 Å². The number of hydrogen-bond donors (Lipinski definition) is 1. The highest BCUT2D eigenvalue weighted by atomic mass is 19.1. The number of amides is 3. The minimum absolute atomic E-state index is 0.0280. The molecule has 0 aromatic heterocycles. The zero-order valence-electron chi connectivity index (χ0n) is 23.3. The van der Waals surface area contributed by atoms with Gasteiger partial charge in [0.05, 0.1) is 18.2 Å². The summed E-state index contributed by atoms with van der Waals surface area (Å²) in [4.78, 5) is 44.5. The van der Waals surface area contributed by atoms with Crippen molar-refractivity contribution in [3.05, 3.63) is 82.3 Å². The minimum atomic E-state index is -0.641. The fourth-order valence-corrected chi connectivity index (χ4v) is 4.92. The number of benzene rings is 2. The summed E-state index contributed by atoms with van der Waals surface area (Å²) >= 11 is 0. The Morgan fingerprint density at radius 1 is 1.00 bits per heavy atom. The maximum atomic E-state index is 13.3. The molecule has 9 heteroatoms. The largest absolute Gasteiger partial charge is 0.463 e. The van der Waals surface area contributed by atoms with Crippen LogP contribution in [0.3, 0.4) is 0 Å². The van der Waals surface area contributed by atoms with Crippen LogP contribution in [0.15, 0.2) is 59.8 Å². The normalized spacial score (nSPS) is 18.7. The number of esters is 1. The van der Waals surface area contributed by atoms with Gasteiger partial charge in [-0.05, 0) is 47.7 Å². The molecule has 3 amide bonds. The summed E-state index contributed by atoms with van der Waals surface area (Å²) in [6.45, 7) is 10.8. The number of rotatable bonds is 6. The van der Waals surface area contributed by atoms with Gasteiger partial charge in [0.1, 0.15) is 5.82 Å². The van der Waals surface area contributed by atoms with Gasteiger partial charge in [-0.15, -0.1) is 0 Å². The van der Waals surface area contributed by atoms with E-state index in [-0.39, 0.29) is 29.8 Å². The molecule has 2 heterocycles. The summed E-state index contributed by atoms with van der Waals surface area (Å²) in [5.41, 5.74) is 3.37. The molecule has 4 rings (SSSR count). The van der Waals surface area contributed by atoms with E-state index in [0.717, 1.165) is 11.1 Å². The quantitative estimate of drug-likeness (QED) is 0.563. The molecule has 1 N–H and O–H groups in total. The van der Waals surface area contributed by atoms with E-state index in [4.69, 9.17) is 4.74 Å². The first kappa shape index (κ1) is 28.3. The summed E-state index contributed by atoms with van der Waals surface area (Å²) in [5, 5.41) is 2.97. The van der Waals surface area contributed by atoms with Gasteiger partial charge < -0.3 is 15.0 Å². The molecule has 8 nitrogen and oxygen atoms in total. The number of hydrogen-bond acceptors (Lipinski definition) is 5. The van der Waals surface area contributed by atoms with E-state index >= 15 is 0 Å². The number of likely N-dealkylation sites (N-methyl/N-ethyl adjacent to an activating group) is 1. The van der Waals surface area contributed by atoms with Crippen molar-refractivity contribution in [3.63, 3.8) is 0 Å². The van der Waals surface area contributed by atoms with E-state index in [1.165, 1.54) is 29.2 Å². The first-order valence-corrected chi connectivity index (χ1v) is 13.3. The number of nitrogens with zero attached hydrogens (tertiary/aromatic N) is 3. The third kappa shape index (κ3) is 6.30. The summed E-state index contributed by atoms with van der Waals surface area (Å²) in [5.74, 6) is -0.991. The first-order valence-electron chi connectivity index (χ1n) is 13.3. The maximum absolute atomic E-state index is 13.3.